The SMILES string of the molecule is CC1C(c2cccnc2)c2ccccc2C(CN)N1C. The molecule has 20 heavy (non-hydrogen) atoms. The minimum absolute atomic E-state index is 0.300. The lowest BCUT2D eigenvalue weighted by atomic mass is 9.77. The standard InChI is InChI=1S/C17H21N3/c1-12-17(13-6-5-9-19-11-13)15-8-4-3-7-14(15)16(10-18)20(12)2/h3-9,11-12,16-17H,10,18H2,1-2H3. The van der Waals surface area contributed by atoms with Gasteiger partial charge in [0.25, 0.3) is 0 Å². The van der Waals surface area contributed by atoms with Crippen LogP contribution in [0.5, 0.6) is 0 Å². The molecule has 0 saturated carbocycles. The summed E-state index contributed by atoms with van der Waals surface area (Å²) in [6.07, 6.45) is 3.81. The average Bonchev–Trinajstić information content (AvgIpc) is 2.50. The first-order chi connectivity index (χ1) is 9.74. The molecule has 0 aliphatic carbocycles. The summed E-state index contributed by atoms with van der Waals surface area (Å²) in [5.41, 5.74) is 10.0. The van der Waals surface area contributed by atoms with Crippen LogP contribution in [0.4, 0.5) is 0 Å². The summed E-state index contributed by atoms with van der Waals surface area (Å²) >= 11 is 0. The molecule has 1 aliphatic rings. The van der Waals surface area contributed by atoms with Crippen molar-refractivity contribution in [2.75, 3.05) is 13.6 Å². The van der Waals surface area contributed by atoms with Gasteiger partial charge in [-0.2, -0.15) is 0 Å². The number of likely N-dealkylation sites (N-methyl/N-ethyl adjacent to an activating group) is 1. The maximum Gasteiger partial charge on any atom is 0.0473 e. The Morgan fingerprint density at radius 3 is 2.55 bits per heavy atom. The van der Waals surface area contributed by atoms with Crippen LogP contribution in [0.1, 0.15) is 35.6 Å². The van der Waals surface area contributed by atoms with Crippen molar-refractivity contribution in [1.29, 1.82) is 0 Å². The molecule has 2 heterocycles. The molecule has 2 N–H and O–H groups in total. The molecule has 3 unspecified atom stereocenters. The van der Waals surface area contributed by atoms with E-state index in [2.05, 4.69) is 54.2 Å². The predicted molar refractivity (Wildman–Crippen MR) is 81.5 cm³/mol. The monoisotopic (exact) mass is 267 g/mol. The lowest BCUT2D eigenvalue weighted by molar-refractivity contribution is 0.156. The van der Waals surface area contributed by atoms with Gasteiger partial charge in [-0.3, -0.25) is 9.88 Å². The number of aromatic nitrogens is 1. The Morgan fingerprint density at radius 1 is 1.15 bits per heavy atom. The summed E-state index contributed by atoms with van der Waals surface area (Å²) in [5, 5.41) is 0. The third-order valence-corrected chi connectivity index (χ3v) is 4.57. The number of pyridine rings is 1. The van der Waals surface area contributed by atoms with E-state index in [-0.39, 0.29) is 0 Å². The summed E-state index contributed by atoms with van der Waals surface area (Å²) < 4.78 is 0. The zero-order valence-electron chi connectivity index (χ0n) is 12.0. The molecule has 0 fully saturated rings. The molecule has 0 saturated heterocycles. The molecule has 3 nitrogen and oxygen atoms in total. The van der Waals surface area contributed by atoms with Crippen LogP contribution in [0.3, 0.4) is 0 Å². The number of benzene rings is 1. The highest BCUT2D eigenvalue weighted by atomic mass is 15.2. The van der Waals surface area contributed by atoms with Crippen molar-refractivity contribution in [1.82, 2.24) is 9.88 Å². The first-order valence-electron chi connectivity index (χ1n) is 7.14. The first-order valence-corrected chi connectivity index (χ1v) is 7.14. The lowest BCUT2D eigenvalue weighted by Gasteiger charge is -2.44. The van der Waals surface area contributed by atoms with Gasteiger partial charge in [-0.25, -0.2) is 0 Å². The highest BCUT2D eigenvalue weighted by Crippen LogP contribution is 2.41. The van der Waals surface area contributed by atoms with Gasteiger partial charge in [0, 0.05) is 36.9 Å². The second kappa shape index (κ2) is 5.35. The Kier molecular flexibility index (Phi) is 3.55. The van der Waals surface area contributed by atoms with Crippen LogP contribution < -0.4 is 5.73 Å². The average molecular weight is 267 g/mol. The maximum atomic E-state index is 6.00. The minimum atomic E-state index is 0.300. The molecule has 1 aromatic carbocycles. The van der Waals surface area contributed by atoms with Crippen molar-refractivity contribution in [3.05, 3.63) is 65.5 Å². The van der Waals surface area contributed by atoms with Crippen molar-refractivity contribution in [2.45, 2.75) is 24.9 Å². The third kappa shape index (κ3) is 2.03. The van der Waals surface area contributed by atoms with Crippen LogP contribution >= 0.6 is 0 Å². The largest absolute Gasteiger partial charge is 0.329 e. The van der Waals surface area contributed by atoms with E-state index >= 15 is 0 Å². The summed E-state index contributed by atoms with van der Waals surface area (Å²) in [5.74, 6) is 0.354. The second-order valence-electron chi connectivity index (χ2n) is 5.55. The molecule has 0 radical (unpaired) electrons. The number of fused-ring (bicyclic) bond motifs is 1. The van der Waals surface area contributed by atoms with Gasteiger partial charge >= 0.3 is 0 Å². The van der Waals surface area contributed by atoms with Gasteiger partial charge in [0.1, 0.15) is 0 Å². The van der Waals surface area contributed by atoms with Gasteiger partial charge in [0.05, 0.1) is 0 Å². The predicted octanol–water partition coefficient (Wildman–Crippen LogP) is 2.55. The van der Waals surface area contributed by atoms with Gasteiger partial charge in [-0.15, -0.1) is 0 Å². The van der Waals surface area contributed by atoms with Crippen LogP contribution in [-0.4, -0.2) is 29.5 Å². The number of nitrogens with zero attached hydrogens (tertiary/aromatic N) is 2. The van der Waals surface area contributed by atoms with E-state index in [1.807, 2.05) is 18.5 Å². The number of rotatable bonds is 2. The van der Waals surface area contributed by atoms with Gasteiger partial charge in [-0.05, 0) is 36.7 Å². The number of hydrogen-bond donors (Lipinski definition) is 1. The van der Waals surface area contributed by atoms with E-state index in [9.17, 15) is 0 Å². The molecule has 3 atom stereocenters. The maximum absolute atomic E-state index is 6.00. The van der Waals surface area contributed by atoms with Crippen molar-refractivity contribution in [3.8, 4) is 0 Å². The molecule has 3 rings (SSSR count). The molecule has 2 aromatic rings. The molecule has 0 spiro atoms. The second-order valence-corrected chi connectivity index (χ2v) is 5.55. The quantitative estimate of drug-likeness (QED) is 0.909. The van der Waals surface area contributed by atoms with E-state index in [0.29, 0.717) is 24.5 Å². The fourth-order valence-electron chi connectivity index (χ4n) is 3.41. The Balaban J connectivity index is 2.15. The zero-order valence-corrected chi connectivity index (χ0v) is 12.0. The minimum Gasteiger partial charge on any atom is -0.329 e. The van der Waals surface area contributed by atoms with Crippen molar-refractivity contribution in [3.63, 3.8) is 0 Å². The van der Waals surface area contributed by atoms with Gasteiger partial charge in [0.15, 0.2) is 0 Å². The lowest BCUT2D eigenvalue weighted by Crippen LogP contribution is -2.45. The van der Waals surface area contributed by atoms with Crippen molar-refractivity contribution in [2.24, 2.45) is 5.73 Å². The Hall–Kier alpha value is -1.71. The van der Waals surface area contributed by atoms with E-state index in [0.717, 1.165) is 0 Å². The first kappa shape index (κ1) is 13.3. The number of hydrogen-bond acceptors (Lipinski definition) is 3. The Morgan fingerprint density at radius 2 is 1.90 bits per heavy atom. The third-order valence-electron chi connectivity index (χ3n) is 4.57. The van der Waals surface area contributed by atoms with Gasteiger partial charge in [-0.1, -0.05) is 30.3 Å². The summed E-state index contributed by atoms with van der Waals surface area (Å²) in [7, 11) is 2.17. The van der Waals surface area contributed by atoms with Crippen molar-refractivity contribution < 1.29 is 0 Å². The topological polar surface area (TPSA) is 42.1 Å². The molecule has 0 bridgehead atoms. The Bertz CT molecular complexity index is 582. The van der Waals surface area contributed by atoms with E-state index in [1.165, 1.54) is 16.7 Å². The van der Waals surface area contributed by atoms with Crippen molar-refractivity contribution >= 4 is 0 Å². The molecular weight excluding hydrogens is 246 g/mol. The van der Waals surface area contributed by atoms with Crippen LogP contribution in [-0.2, 0) is 0 Å². The summed E-state index contributed by atoms with van der Waals surface area (Å²) in [6.45, 7) is 2.92. The molecule has 104 valence electrons. The fraction of sp³-hybridized carbons (Fsp3) is 0.353. The molecule has 3 heteroatoms. The Labute approximate surface area is 120 Å². The molecular formula is C17H21N3. The van der Waals surface area contributed by atoms with E-state index in [1.54, 1.807) is 0 Å². The van der Waals surface area contributed by atoms with Crippen LogP contribution in [0.2, 0.25) is 0 Å². The van der Waals surface area contributed by atoms with Crippen LogP contribution in [0, 0.1) is 0 Å². The number of nitrogens with two attached hydrogens (primary N) is 1. The van der Waals surface area contributed by atoms with E-state index < -0.39 is 0 Å². The molecule has 0 amide bonds. The normalized spacial score (nSPS) is 26.2. The van der Waals surface area contributed by atoms with Crippen LogP contribution in [0.15, 0.2) is 48.8 Å². The molecule has 1 aromatic heterocycles. The van der Waals surface area contributed by atoms with E-state index in [4.69, 9.17) is 5.73 Å². The highest BCUT2D eigenvalue weighted by molar-refractivity contribution is 5.42. The van der Waals surface area contributed by atoms with Crippen LogP contribution in [0.25, 0.3) is 0 Å². The summed E-state index contributed by atoms with van der Waals surface area (Å²) in [6, 6.07) is 13.6. The zero-order chi connectivity index (χ0) is 14.1. The van der Waals surface area contributed by atoms with Gasteiger partial charge < -0.3 is 5.73 Å². The molecule has 1 aliphatic heterocycles. The fourth-order valence-corrected chi connectivity index (χ4v) is 3.41. The smallest absolute Gasteiger partial charge is 0.0473 e. The van der Waals surface area contributed by atoms with Gasteiger partial charge in [0.2, 0.25) is 0 Å². The highest BCUT2D eigenvalue weighted by Gasteiger charge is 2.36. The summed E-state index contributed by atoms with van der Waals surface area (Å²) in [4.78, 5) is 6.68.